The summed E-state index contributed by atoms with van der Waals surface area (Å²) >= 11 is 7.17. The summed E-state index contributed by atoms with van der Waals surface area (Å²) in [6.45, 7) is 19.9. The Morgan fingerprint density at radius 1 is 0.860 bits per heavy atom. The number of likely N-dealkylation sites (N-methyl/N-ethyl adjacent to an activating group) is 1. The number of allylic oxidation sites excluding steroid dienone is 8. The first-order chi connectivity index (χ1) is 20.4. The van der Waals surface area contributed by atoms with Gasteiger partial charge in [0.05, 0.1) is 19.6 Å². The van der Waals surface area contributed by atoms with Crippen molar-refractivity contribution in [2.45, 2.75) is 85.5 Å². The molecule has 2 aromatic rings. The van der Waals surface area contributed by atoms with E-state index in [0.717, 1.165) is 48.9 Å². The number of anilines is 1. The molecule has 0 unspecified atom stereocenters. The summed E-state index contributed by atoms with van der Waals surface area (Å²) < 4.78 is 13.7. The molecule has 0 fully saturated rings. The molecule has 0 amide bonds. The Bertz CT molecular complexity index is 1620. The fourth-order valence-corrected chi connectivity index (χ4v) is 7.73. The molecule has 3 aliphatic rings. The number of ether oxygens (including phenoxy) is 2. The minimum Gasteiger partial charge on any atom is -0.497 e. The molecular weight excluding hydrogens is 552 g/mol. The van der Waals surface area contributed by atoms with Gasteiger partial charge in [-0.25, -0.2) is 0 Å². The third kappa shape index (κ3) is 5.16. The molecule has 2 aromatic carbocycles. The van der Waals surface area contributed by atoms with Crippen LogP contribution in [-0.2, 0) is 10.8 Å². The van der Waals surface area contributed by atoms with Crippen molar-refractivity contribution in [2.75, 3.05) is 32.2 Å². The molecule has 1 aliphatic carbocycles. The molecule has 5 heteroatoms. The van der Waals surface area contributed by atoms with E-state index in [-0.39, 0.29) is 10.8 Å². The van der Waals surface area contributed by atoms with E-state index >= 15 is 0 Å². The predicted molar refractivity (Wildman–Crippen MR) is 182 cm³/mol. The number of aryl methyl sites for hydroxylation is 2. The normalized spacial score (nSPS) is 21.0. The molecule has 0 bridgehead atoms. The number of benzene rings is 2. The zero-order chi connectivity index (χ0) is 31.3. The van der Waals surface area contributed by atoms with Crippen LogP contribution in [0.3, 0.4) is 0 Å². The van der Waals surface area contributed by atoms with Gasteiger partial charge >= 0.3 is 0 Å². The van der Waals surface area contributed by atoms with E-state index in [1.54, 1.807) is 14.2 Å². The number of nitrogens with zero attached hydrogens (tertiary/aromatic N) is 2. The fourth-order valence-electron chi connectivity index (χ4n) is 7.41. The maximum Gasteiger partial charge on any atom is 0.212 e. The Labute approximate surface area is 264 Å². The van der Waals surface area contributed by atoms with Gasteiger partial charge in [-0.3, -0.25) is 0 Å². The van der Waals surface area contributed by atoms with E-state index in [1.165, 1.54) is 56.2 Å². The van der Waals surface area contributed by atoms with Gasteiger partial charge < -0.3 is 14.4 Å². The molecule has 0 aromatic heterocycles. The number of hydrogen-bond acceptors (Lipinski definition) is 3. The molecular formula is C38H48ClN2O2+. The summed E-state index contributed by atoms with van der Waals surface area (Å²) in [7, 11) is 3.49. The number of rotatable bonds is 7. The van der Waals surface area contributed by atoms with E-state index in [1.807, 2.05) is 0 Å². The van der Waals surface area contributed by atoms with Crippen molar-refractivity contribution in [3.8, 4) is 11.5 Å². The SMILES string of the molecule is CCN1C(=CC=C2CCCC(C=CC3=[N+](CC)c4c(C)cc(OC)cc4C3(C)C)=C2Cl)C(C)(C)c2cc(OC)cc(C)c21. The second-order valence-corrected chi connectivity index (χ2v) is 13.5. The van der Waals surface area contributed by atoms with Crippen LogP contribution in [0.5, 0.6) is 11.5 Å². The predicted octanol–water partition coefficient (Wildman–Crippen LogP) is 9.58. The van der Waals surface area contributed by atoms with E-state index in [9.17, 15) is 0 Å². The van der Waals surface area contributed by atoms with E-state index in [0.29, 0.717) is 0 Å². The zero-order valence-electron chi connectivity index (χ0n) is 27.7. The molecule has 2 heterocycles. The van der Waals surface area contributed by atoms with Gasteiger partial charge in [-0.2, -0.15) is 4.58 Å². The summed E-state index contributed by atoms with van der Waals surface area (Å²) in [5, 5.41) is 0.892. The number of hydrogen-bond donors (Lipinski definition) is 0. The first-order valence-electron chi connectivity index (χ1n) is 15.7. The zero-order valence-corrected chi connectivity index (χ0v) is 28.5. The van der Waals surface area contributed by atoms with Crippen molar-refractivity contribution in [2.24, 2.45) is 0 Å². The monoisotopic (exact) mass is 599 g/mol. The molecule has 0 N–H and O–H groups in total. The van der Waals surface area contributed by atoms with Crippen molar-refractivity contribution in [3.63, 3.8) is 0 Å². The van der Waals surface area contributed by atoms with Gasteiger partial charge in [0.2, 0.25) is 5.69 Å². The molecule has 0 spiro atoms. The maximum atomic E-state index is 7.17. The van der Waals surface area contributed by atoms with E-state index in [4.69, 9.17) is 21.1 Å². The molecule has 2 aliphatic heterocycles. The van der Waals surface area contributed by atoms with Crippen molar-refractivity contribution in [1.82, 2.24) is 0 Å². The minimum absolute atomic E-state index is 0.139. The minimum atomic E-state index is -0.139. The van der Waals surface area contributed by atoms with Crippen molar-refractivity contribution < 1.29 is 14.0 Å². The lowest BCUT2D eigenvalue weighted by Gasteiger charge is -2.26. The van der Waals surface area contributed by atoms with Crippen LogP contribution in [0.4, 0.5) is 11.4 Å². The Morgan fingerprint density at radius 2 is 1.51 bits per heavy atom. The van der Waals surface area contributed by atoms with Crippen LogP contribution >= 0.6 is 11.6 Å². The van der Waals surface area contributed by atoms with Crippen LogP contribution in [0.25, 0.3) is 0 Å². The van der Waals surface area contributed by atoms with Gasteiger partial charge in [0.25, 0.3) is 0 Å². The smallest absolute Gasteiger partial charge is 0.212 e. The Kier molecular flexibility index (Phi) is 8.48. The van der Waals surface area contributed by atoms with Crippen LogP contribution in [0.15, 0.2) is 70.4 Å². The van der Waals surface area contributed by atoms with Crippen LogP contribution < -0.4 is 14.4 Å². The van der Waals surface area contributed by atoms with Gasteiger partial charge in [0, 0.05) is 45.6 Å². The summed E-state index contributed by atoms with van der Waals surface area (Å²) in [5.74, 6) is 1.83. The fraction of sp³-hybridized carbons (Fsp3) is 0.447. The first kappa shape index (κ1) is 31.2. The Morgan fingerprint density at radius 3 is 2.14 bits per heavy atom. The average Bonchev–Trinajstić information content (AvgIpc) is 3.34. The standard InChI is InChI=1S/C38H48ClN2O2/c1-11-40-32(37(5,6)30-22-28(42-9)20-24(3)35(30)40)18-16-26-14-13-15-27(34(26)39)17-19-33-38(7,8)31-23-29(43-10)21-25(4)36(31)41(33)12-2/h16-23H,11-15H2,1-10H3/q+1. The Hall–Kier alpha value is -3.24. The number of methoxy groups -OCH3 is 2. The highest BCUT2D eigenvalue weighted by Crippen LogP contribution is 2.51. The molecule has 228 valence electrons. The van der Waals surface area contributed by atoms with Gasteiger partial charge in [-0.1, -0.05) is 37.6 Å². The highest BCUT2D eigenvalue weighted by molar-refractivity contribution is 6.32. The third-order valence-electron chi connectivity index (χ3n) is 9.74. The van der Waals surface area contributed by atoms with E-state index in [2.05, 4.69) is 113 Å². The van der Waals surface area contributed by atoms with Crippen molar-refractivity contribution >= 4 is 28.7 Å². The third-order valence-corrected chi connectivity index (χ3v) is 10.2. The lowest BCUT2D eigenvalue weighted by atomic mass is 9.80. The Balaban J connectivity index is 1.51. The second-order valence-electron chi connectivity index (χ2n) is 13.1. The highest BCUT2D eigenvalue weighted by Gasteiger charge is 2.45. The summed E-state index contributed by atoms with van der Waals surface area (Å²) in [4.78, 5) is 2.45. The number of fused-ring (bicyclic) bond motifs is 2. The van der Waals surface area contributed by atoms with Gasteiger partial charge in [0.15, 0.2) is 5.71 Å². The van der Waals surface area contributed by atoms with Gasteiger partial charge in [-0.05, 0) is 113 Å². The first-order valence-corrected chi connectivity index (χ1v) is 16.1. The van der Waals surface area contributed by atoms with Crippen LogP contribution in [0.2, 0.25) is 0 Å². The molecule has 0 saturated carbocycles. The average molecular weight is 600 g/mol. The summed E-state index contributed by atoms with van der Waals surface area (Å²) in [6.07, 6.45) is 12.2. The lowest BCUT2D eigenvalue weighted by Crippen LogP contribution is -2.27. The molecule has 5 rings (SSSR count). The molecule has 0 saturated heterocycles. The van der Waals surface area contributed by atoms with Crippen LogP contribution in [-0.4, -0.2) is 37.6 Å². The largest absolute Gasteiger partial charge is 0.497 e. The molecule has 0 atom stereocenters. The summed E-state index contributed by atoms with van der Waals surface area (Å²) in [5.41, 5.74) is 12.5. The number of halogens is 1. The molecule has 43 heavy (non-hydrogen) atoms. The topological polar surface area (TPSA) is 24.7 Å². The van der Waals surface area contributed by atoms with Gasteiger partial charge in [0.1, 0.15) is 18.0 Å². The molecule has 4 nitrogen and oxygen atoms in total. The van der Waals surface area contributed by atoms with Crippen molar-refractivity contribution in [3.05, 3.63) is 92.7 Å². The van der Waals surface area contributed by atoms with Gasteiger partial charge in [-0.15, -0.1) is 0 Å². The maximum absolute atomic E-state index is 7.17. The summed E-state index contributed by atoms with van der Waals surface area (Å²) in [6, 6.07) is 8.68. The molecule has 0 radical (unpaired) electrons. The van der Waals surface area contributed by atoms with Crippen LogP contribution in [0.1, 0.15) is 83.1 Å². The van der Waals surface area contributed by atoms with Crippen LogP contribution in [0, 0.1) is 13.8 Å². The van der Waals surface area contributed by atoms with E-state index < -0.39 is 0 Å². The highest BCUT2D eigenvalue weighted by atomic mass is 35.5. The lowest BCUT2D eigenvalue weighted by molar-refractivity contribution is -0.433. The quantitative estimate of drug-likeness (QED) is 0.296. The second kappa shape index (κ2) is 11.7. The van der Waals surface area contributed by atoms with Crippen molar-refractivity contribution in [1.29, 1.82) is 0 Å².